The van der Waals surface area contributed by atoms with E-state index in [1.807, 2.05) is 0 Å². The number of carboxylic acid groups (broad SMARTS) is 1. The van der Waals surface area contributed by atoms with Crippen LogP contribution in [0.4, 0.5) is 0 Å². The van der Waals surface area contributed by atoms with Gasteiger partial charge in [-0.15, -0.1) is 0 Å². The topological polar surface area (TPSA) is 83.5 Å². The van der Waals surface area contributed by atoms with Gasteiger partial charge in [-0.1, -0.05) is 32.6 Å². The Morgan fingerprint density at radius 1 is 1.26 bits per heavy atom. The molecular weight excluding hydrogens is 266 g/mol. The van der Waals surface area contributed by atoms with Crippen molar-refractivity contribution in [2.45, 2.75) is 63.2 Å². The molecule has 0 aliphatic heterocycles. The third kappa shape index (κ3) is 5.72. The predicted octanol–water partition coefficient (Wildman–Crippen LogP) is 1.44. The Hall–Kier alpha value is -0.910. The van der Waals surface area contributed by atoms with Crippen LogP contribution in [0.2, 0.25) is 0 Å². The van der Waals surface area contributed by atoms with Crippen LogP contribution in [0.5, 0.6) is 0 Å². The second kappa shape index (κ2) is 8.30. The van der Waals surface area contributed by atoms with Crippen LogP contribution in [-0.4, -0.2) is 38.2 Å². The largest absolute Gasteiger partial charge is 0.480 e. The Labute approximate surface area is 116 Å². The van der Waals surface area contributed by atoms with E-state index in [9.17, 15) is 13.8 Å². The van der Waals surface area contributed by atoms with Crippen LogP contribution in [-0.2, 0) is 20.4 Å². The van der Waals surface area contributed by atoms with Crippen molar-refractivity contribution in [1.29, 1.82) is 0 Å². The molecule has 5 nitrogen and oxygen atoms in total. The molecule has 0 aromatic carbocycles. The SMILES string of the molecule is CCC(C(=O)O)S(=O)CC(=O)NC1CCCCCC1. The summed E-state index contributed by atoms with van der Waals surface area (Å²) in [6.45, 7) is 1.67. The van der Waals surface area contributed by atoms with Gasteiger partial charge in [-0.3, -0.25) is 13.8 Å². The van der Waals surface area contributed by atoms with Gasteiger partial charge in [-0.25, -0.2) is 0 Å². The molecule has 110 valence electrons. The van der Waals surface area contributed by atoms with E-state index in [-0.39, 0.29) is 24.1 Å². The maximum Gasteiger partial charge on any atom is 0.319 e. The summed E-state index contributed by atoms with van der Waals surface area (Å²) in [5, 5.41) is 10.8. The molecule has 1 amide bonds. The molecule has 1 aliphatic rings. The zero-order valence-electron chi connectivity index (χ0n) is 11.4. The molecule has 19 heavy (non-hydrogen) atoms. The Bertz CT molecular complexity index is 338. The number of hydrogen-bond acceptors (Lipinski definition) is 3. The minimum absolute atomic E-state index is 0.164. The molecule has 0 aromatic heterocycles. The molecule has 2 atom stereocenters. The Balaban J connectivity index is 2.41. The van der Waals surface area contributed by atoms with Gasteiger partial charge >= 0.3 is 5.97 Å². The summed E-state index contributed by atoms with van der Waals surface area (Å²) < 4.78 is 11.8. The monoisotopic (exact) mass is 289 g/mol. The van der Waals surface area contributed by atoms with Crippen molar-refractivity contribution in [2.75, 3.05) is 5.75 Å². The normalized spacial score (nSPS) is 20.3. The number of hydrogen-bond donors (Lipinski definition) is 2. The fraction of sp³-hybridized carbons (Fsp3) is 0.846. The lowest BCUT2D eigenvalue weighted by atomic mass is 10.1. The van der Waals surface area contributed by atoms with Crippen molar-refractivity contribution >= 4 is 22.7 Å². The van der Waals surface area contributed by atoms with Gasteiger partial charge in [0.15, 0.2) is 0 Å². The molecule has 6 heteroatoms. The van der Waals surface area contributed by atoms with Crippen molar-refractivity contribution < 1.29 is 18.9 Å². The smallest absolute Gasteiger partial charge is 0.319 e. The van der Waals surface area contributed by atoms with E-state index >= 15 is 0 Å². The summed E-state index contributed by atoms with van der Waals surface area (Å²) in [6, 6.07) is 0.164. The predicted molar refractivity (Wildman–Crippen MR) is 74.4 cm³/mol. The summed E-state index contributed by atoms with van der Waals surface area (Å²) >= 11 is 0. The average Bonchev–Trinajstić information content (AvgIpc) is 2.57. The van der Waals surface area contributed by atoms with E-state index in [1.54, 1.807) is 6.92 Å². The number of amides is 1. The lowest BCUT2D eigenvalue weighted by Crippen LogP contribution is -2.39. The third-order valence-corrected chi connectivity index (χ3v) is 5.17. The highest BCUT2D eigenvalue weighted by Gasteiger charge is 2.25. The van der Waals surface area contributed by atoms with Crippen LogP contribution in [0.3, 0.4) is 0 Å². The van der Waals surface area contributed by atoms with Gasteiger partial charge in [0.05, 0.1) is 0 Å². The lowest BCUT2D eigenvalue weighted by molar-refractivity contribution is -0.136. The fourth-order valence-electron chi connectivity index (χ4n) is 2.40. The Kier molecular flexibility index (Phi) is 7.05. The summed E-state index contributed by atoms with van der Waals surface area (Å²) in [5.74, 6) is -1.59. The van der Waals surface area contributed by atoms with Crippen molar-refractivity contribution in [2.24, 2.45) is 0 Å². The Morgan fingerprint density at radius 3 is 2.32 bits per heavy atom. The Morgan fingerprint density at radius 2 is 1.84 bits per heavy atom. The van der Waals surface area contributed by atoms with E-state index in [2.05, 4.69) is 5.32 Å². The molecule has 2 unspecified atom stereocenters. The number of rotatable bonds is 6. The summed E-state index contributed by atoms with van der Waals surface area (Å²) in [7, 11) is -1.64. The number of carboxylic acids is 1. The highest BCUT2D eigenvalue weighted by Crippen LogP contribution is 2.17. The standard InChI is InChI=1S/C13H23NO4S/c1-2-11(13(16)17)19(18)9-12(15)14-10-7-5-3-4-6-8-10/h10-11H,2-9H2,1H3,(H,14,15)(H,16,17). The van der Waals surface area contributed by atoms with E-state index in [4.69, 9.17) is 5.11 Å². The molecule has 1 fully saturated rings. The minimum atomic E-state index is -1.64. The maximum atomic E-state index is 11.8. The van der Waals surface area contributed by atoms with Gasteiger partial charge in [0, 0.05) is 16.8 Å². The van der Waals surface area contributed by atoms with Crippen LogP contribution in [0, 0.1) is 0 Å². The van der Waals surface area contributed by atoms with Gasteiger partial charge in [0.2, 0.25) is 5.91 Å². The number of aliphatic carboxylic acids is 1. The minimum Gasteiger partial charge on any atom is -0.480 e. The third-order valence-electron chi connectivity index (χ3n) is 3.46. The van der Waals surface area contributed by atoms with E-state index in [1.165, 1.54) is 12.8 Å². The second-order valence-electron chi connectivity index (χ2n) is 5.02. The molecule has 0 spiro atoms. The molecule has 0 aromatic rings. The average molecular weight is 289 g/mol. The van der Waals surface area contributed by atoms with Crippen molar-refractivity contribution in [3.8, 4) is 0 Å². The summed E-state index contributed by atoms with van der Waals surface area (Å²) in [5.41, 5.74) is 0. The van der Waals surface area contributed by atoms with Crippen LogP contribution in [0.1, 0.15) is 51.9 Å². The summed E-state index contributed by atoms with van der Waals surface area (Å²) in [4.78, 5) is 22.6. The fourth-order valence-corrected chi connectivity index (χ4v) is 3.54. The molecule has 0 radical (unpaired) electrons. The molecule has 0 bridgehead atoms. The first kappa shape index (κ1) is 16.1. The first-order valence-electron chi connectivity index (χ1n) is 6.94. The molecule has 1 saturated carbocycles. The molecule has 0 heterocycles. The van der Waals surface area contributed by atoms with Gasteiger partial charge in [0.1, 0.15) is 11.0 Å². The van der Waals surface area contributed by atoms with Gasteiger partial charge < -0.3 is 10.4 Å². The second-order valence-corrected chi connectivity index (χ2v) is 6.64. The first-order valence-corrected chi connectivity index (χ1v) is 8.32. The molecule has 0 saturated heterocycles. The van der Waals surface area contributed by atoms with E-state index < -0.39 is 22.0 Å². The van der Waals surface area contributed by atoms with Crippen LogP contribution >= 0.6 is 0 Å². The molecule has 1 rings (SSSR count). The number of nitrogens with one attached hydrogen (secondary N) is 1. The number of carbonyl (C=O) groups excluding carboxylic acids is 1. The zero-order chi connectivity index (χ0) is 14.3. The number of carbonyl (C=O) groups is 2. The van der Waals surface area contributed by atoms with E-state index in [0.717, 1.165) is 25.7 Å². The highest BCUT2D eigenvalue weighted by molar-refractivity contribution is 7.87. The van der Waals surface area contributed by atoms with Crippen LogP contribution in [0.25, 0.3) is 0 Å². The lowest BCUT2D eigenvalue weighted by Gasteiger charge is -2.17. The van der Waals surface area contributed by atoms with Gasteiger partial charge in [-0.05, 0) is 19.3 Å². The quantitative estimate of drug-likeness (QED) is 0.725. The summed E-state index contributed by atoms with van der Waals surface area (Å²) in [6.07, 6.45) is 6.84. The molecular formula is C13H23NO4S. The van der Waals surface area contributed by atoms with Crippen LogP contribution in [0.15, 0.2) is 0 Å². The van der Waals surface area contributed by atoms with Crippen molar-refractivity contribution in [3.05, 3.63) is 0 Å². The highest BCUT2D eigenvalue weighted by atomic mass is 32.2. The van der Waals surface area contributed by atoms with Gasteiger partial charge in [-0.2, -0.15) is 0 Å². The molecule has 1 aliphatic carbocycles. The van der Waals surface area contributed by atoms with Crippen molar-refractivity contribution in [3.63, 3.8) is 0 Å². The van der Waals surface area contributed by atoms with Gasteiger partial charge in [0.25, 0.3) is 0 Å². The maximum absolute atomic E-state index is 11.8. The molecule has 2 N–H and O–H groups in total. The van der Waals surface area contributed by atoms with Crippen LogP contribution < -0.4 is 5.32 Å². The van der Waals surface area contributed by atoms with Crippen molar-refractivity contribution in [1.82, 2.24) is 5.32 Å². The van der Waals surface area contributed by atoms with E-state index in [0.29, 0.717) is 0 Å². The zero-order valence-corrected chi connectivity index (χ0v) is 12.2. The first-order chi connectivity index (χ1) is 9.04.